The van der Waals surface area contributed by atoms with Gasteiger partial charge in [0.25, 0.3) is 0 Å². The Morgan fingerprint density at radius 3 is 2.47 bits per heavy atom. The Hall–Kier alpha value is -0.590. The van der Waals surface area contributed by atoms with Crippen LogP contribution in [0.2, 0.25) is 0 Å². The molecule has 3 nitrogen and oxygen atoms in total. The van der Waals surface area contributed by atoms with E-state index in [2.05, 4.69) is 36.9 Å². The van der Waals surface area contributed by atoms with E-state index in [1.807, 2.05) is 0 Å². The predicted octanol–water partition coefficient (Wildman–Crippen LogP) is 1.56. The van der Waals surface area contributed by atoms with Crippen LogP contribution in [0.15, 0.2) is 0 Å². The summed E-state index contributed by atoms with van der Waals surface area (Å²) in [6.45, 7) is 5.71. The fourth-order valence-electron chi connectivity index (χ4n) is 2.35. The Bertz CT molecular complexity index is 211. The molecule has 0 saturated carbocycles. The van der Waals surface area contributed by atoms with Crippen molar-refractivity contribution in [2.24, 2.45) is 5.92 Å². The number of nitriles is 1. The molecule has 1 fully saturated rings. The number of nitrogens with zero attached hydrogens (tertiary/aromatic N) is 3. The van der Waals surface area contributed by atoms with Crippen LogP contribution in [0.4, 0.5) is 0 Å². The molecule has 0 aromatic carbocycles. The van der Waals surface area contributed by atoms with Crippen molar-refractivity contribution in [2.45, 2.75) is 32.2 Å². The van der Waals surface area contributed by atoms with Crippen molar-refractivity contribution in [1.82, 2.24) is 9.80 Å². The lowest BCUT2D eigenvalue weighted by molar-refractivity contribution is 0.128. The second-order valence-corrected chi connectivity index (χ2v) is 4.95. The summed E-state index contributed by atoms with van der Waals surface area (Å²) < 4.78 is 0. The summed E-state index contributed by atoms with van der Waals surface area (Å²) in [7, 11) is 4.29. The second kappa shape index (κ2) is 6.09. The van der Waals surface area contributed by atoms with E-state index >= 15 is 0 Å². The highest BCUT2D eigenvalue weighted by Crippen LogP contribution is 2.20. The first-order chi connectivity index (χ1) is 7.13. The van der Waals surface area contributed by atoms with Gasteiger partial charge in [-0.2, -0.15) is 5.26 Å². The van der Waals surface area contributed by atoms with Gasteiger partial charge in [-0.05, 0) is 52.9 Å². The highest BCUT2D eigenvalue weighted by atomic mass is 15.2. The van der Waals surface area contributed by atoms with Gasteiger partial charge in [0.1, 0.15) is 0 Å². The van der Waals surface area contributed by atoms with Crippen molar-refractivity contribution in [3.63, 3.8) is 0 Å². The molecule has 0 N–H and O–H groups in total. The van der Waals surface area contributed by atoms with Crippen molar-refractivity contribution in [2.75, 3.05) is 33.7 Å². The lowest BCUT2D eigenvalue weighted by Gasteiger charge is -2.36. The molecule has 0 aliphatic carbocycles. The summed E-state index contributed by atoms with van der Waals surface area (Å²) >= 11 is 0. The summed E-state index contributed by atoms with van der Waals surface area (Å²) in [6, 6.07) is 2.70. The monoisotopic (exact) mass is 209 g/mol. The summed E-state index contributed by atoms with van der Waals surface area (Å²) in [5.74, 6) is 0.852. The molecule has 3 heteroatoms. The number of likely N-dealkylation sites (tertiary alicyclic amines) is 1. The number of hydrogen-bond donors (Lipinski definition) is 0. The fraction of sp³-hybridized carbons (Fsp3) is 0.917. The summed E-state index contributed by atoms with van der Waals surface area (Å²) in [6.07, 6.45) is 3.24. The molecule has 1 atom stereocenters. The maximum atomic E-state index is 8.65. The van der Waals surface area contributed by atoms with Crippen LogP contribution in [0.3, 0.4) is 0 Å². The van der Waals surface area contributed by atoms with Crippen LogP contribution in [0.25, 0.3) is 0 Å². The second-order valence-electron chi connectivity index (χ2n) is 4.95. The molecule has 1 aliphatic rings. The van der Waals surface area contributed by atoms with Gasteiger partial charge >= 0.3 is 0 Å². The summed E-state index contributed by atoms with van der Waals surface area (Å²) in [5.41, 5.74) is 0. The third-order valence-electron chi connectivity index (χ3n) is 3.28. The van der Waals surface area contributed by atoms with E-state index in [1.165, 1.54) is 32.5 Å². The first-order valence-electron chi connectivity index (χ1n) is 5.89. The topological polar surface area (TPSA) is 30.3 Å². The van der Waals surface area contributed by atoms with Crippen LogP contribution in [0.5, 0.6) is 0 Å². The van der Waals surface area contributed by atoms with E-state index in [4.69, 9.17) is 5.26 Å². The normalized spacial score (nSPS) is 21.5. The Balaban J connectivity index is 2.26. The van der Waals surface area contributed by atoms with E-state index < -0.39 is 0 Å². The minimum absolute atomic E-state index is 0.440. The molecular formula is C12H23N3. The van der Waals surface area contributed by atoms with Crippen molar-refractivity contribution < 1.29 is 0 Å². The first kappa shape index (κ1) is 12.5. The van der Waals surface area contributed by atoms with Crippen LogP contribution in [-0.2, 0) is 0 Å². The van der Waals surface area contributed by atoms with E-state index in [-0.39, 0.29) is 0 Å². The molecule has 0 aromatic heterocycles. The quantitative estimate of drug-likeness (QED) is 0.704. The van der Waals surface area contributed by atoms with Crippen molar-refractivity contribution >= 4 is 0 Å². The molecule has 0 radical (unpaired) electrons. The van der Waals surface area contributed by atoms with Crippen LogP contribution in [0, 0.1) is 17.2 Å². The van der Waals surface area contributed by atoms with Gasteiger partial charge in [0.2, 0.25) is 0 Å². The average Bonchev–Trinajstić information content (AvgIpc) is 2.18. The van der Waals surface area contributed by atoms with Gasteiger partial charge in [0.15, 0.2) is 0 Å². The average molecular weight is 209 g/mol. The highest BCUT2D eigenvalue weighted by Gasteiger charge is 2.22. The maximum absolute atomic E-state index is 8.65. The van der Waals surface area contributed by atoms with Crippen molar-refractivity contribution in [3.05, 3.63) is 0 Å². The highest BCUT2D eigenvalue weighted by molar-refractivity contribution is 4.83. The van der Waals surface area contributed by atoms with Gasteiger partial charge in [0.05, 0.1) is 12.5 Å². The molecule has 1 rings (SSSR count). The maximum Gasteiger partial charge on any atom is 0.0638 e. The SMILES string of the molecule is CC(CC#N)N1CCC(CN(C)C)CC1. The molecule has 0 amide bonds. The molecule has 0 spiro atoms. The van der Waals surface area contributed by atoms with E-state index in [9.17, 15) is 0 Å². The van der Waals surface area contributed by atoms with Gasteiger partial charge in [-0.3, -0.25) is 4.90 Å². The molecule has 1 heterocycles. The van der Waals surface area contributed by atoms with E-state index in [0.29, 0.717) is 12.5 Å². The Labute approximate surface area is 93.7 Å². The molecule has 86 valence electrons. The van der Waals surface area contributed by atoms with E-state index in [1.54, 1.807) is 0 Å². The Kier molecular flexibility index (Phi) is 5.07. The third kappa shape index (κ3) is 4.19. The molecule has 0 aromatic rings. The summed E-state index contributed by atoms with van der Waals surface area (Å²) in [4.78, 5) is 4.73. The first-order valence-corrected chi connectivity index (χ1v) is 5.89. The zero-order valence-corrected chi connectivity index (χ0v) is 10.2. The lowest BCUT2D eigenvalue weighted by Crippen LogP contribution is -2.41. The molecule has 1 unspecified atom stereocenters. The standard InChI is InChI=1S/C12H23N3/c1-11(4-7-13)15-8-5-12(6-9-15)10-14(2)3/h11-12H,4-6,8-10H2,1-3H3. The van der Waals surface area contributed by atoms with Crippen molar-refractivity contribution in [1.29, 1.82) is 5.26 Å². The molecule has 1 aliphatic heterocycles. The Morgan fingerprint density at radius 1 is 1.40 bits per heavy atom. The molecule has 0 bridgehead atoms. The number of hydrogen-bond acceptors (Lipinski definition) is 3. The van der Waals surface area contributed by atoms with Crippen LogP contribution >= 0.6 is 0 Å². The largest absolute Gasteiger partial charge is 0.309 e. The predicted molar refractivity (Wildman–Crippen MR) is 62.5 cm³/mol. The molecule has 15 heavy (non-hydrogen) atoms. The smallest absolute Gasteiger partial charge is 0.0638 e. The van der Waals surface area contributed by atoms with Crippen molar-refractivity contribution in [3.8, 4) is 6.07 Å². The van der Waals surface area contributed by atoms with Gasteiger partial charge in [-0.25, -0.2) is 0 Å². The zero-order chi connectivity index (χ0) is 11.3. The van der Waals surface area contributed by atoms with Crippen LogP contribution in [-0.4, -0.2) is 49.6 Å². The molecule has 1 saturated heterocycles. The minimum atomic E-state index is 0.440. The lowest BCUT2D eigenvalue weighted by atomic mass is 9.95. The fourth-order valence-corrected chi connectivity index (χ4v) is 2.35. The van der Waals surface area contributed by atoms with Gasteiger partial charge in [-0.15, -0.1) is 0 Å². The van der Waals surface area contributed by atoms with Gasteiger partial charge < -0.3 is 4.90 Å². The van der Waals surface area contributed by atoms with Gasteiger partial charge in [-0.1, -0.05) is 0 Å². The minimum Gasteiger partial charge on any atom is -0.309 e. The Morgan fingerprint density at radius 2 is 2.00 bits per heavy atom. The molecular weight excluding hydrogens is 186 g/mol. The zero-order valence-electron chi connectivity index (χ0n) is 10.2. The van der Waals surface area contributed by atoms with Gasteiger partial charge in [0, 0.05) is 12.6 Å². The van der Waals surface area contributed by atoms with Crippen LogP contribution < -0.4 is 0 Å². The van der Waals surface area contributed by atoms with E-state index in [0.717, 1.165) is 5.92 Å². The summed E-state index contributed by atoms with van der Waals surface area (Å²) in [5, 5.41) is 8.65. The number of piperidine rings is 1. The van der Waals surface area contributed by atoms with Crippen LogP contribution in [0.1, 0.15) is 26.2 Å². The number of rotatable bonds is 4. The third-order valence-corrected chi connectivity index (χ3v) is 3.28.